The van der Waals surface area contributed by atoms with Crippen molar-refractivity contribution in [1.29, 1.82) is 0 Å². The zero-order valence-electron chi connectivity index (χ0n) is 9.18. The van der Waals surface area contributed by atoms with Crippen molar-refractivity contribution in [3.05, 3.63) is 48.3 Å². The van der Waals surface area contributed by atoms with Crippen LogP contribution in [0.1, 0.15) is 12.5 Å². The quantitative estimate of drug-likeness (QED) is 0.533. The molecule has 0 atom stereocenters. The van der Waals surface area contributed by atoms with Gasteiger partial charge in [-0.2, -0.15) is 0 Å². The van der Waals surface area contributed by atoms with Gasteiger partial charge >= 0.3 is 0 Å². The van der Waals surface area contributed by atoms with Crippen molar-refractivity contribution in [2.45, 2.75) is 13.8 Å². The van der Waals surface area contributed by atoms with Gasteiger partial charge < -0.3 is 0 Å². The lowest BCUT2D eigenvalue weighted by molar-refractivity contribution is 0.619. The molecule has 2 aromatic rings. The van der Waals surface area contributed by atoms with Gasteiger partial charge in [0.15, 0.2) is 0 Å². The first-order valence-corrected chi connectivity index (χ1v) is 4.96. The summed E-state index contributed by atoms with van der Waals surface area (Å²) in [5.74, 6) is 0.514. The van der Waals surface area contributed by atoms with Gasteiger partial charge in [-0.3, -0.25) is 4.57 Å². The third kappa shape index (κ3) is 2.16. The molecule has 0 aliphatic rings. The van der Waals surface area contributed by atoms with Crippen LogP contribution in [0.2, 0.25) is 0 Å². The second-order valence-corrected chi connectivity index (χ2v) is 3.56. The van der Waals surface area contributed by atoms with Gasteiger partial charge in [0, 0.05) is 12.4 Å². The molecule has 0 radical (unpaired) electrons. The van der Waals surface area contributed by atoms with Crippen LogP contribution in [0.3, 0.4) is 0 Å². The van der Waals surface area contributed by atoms with Crippen molar-refractivity contribution >= 4 is 11.5 Å². The maximum atomic E-state index is 13.3. The Morgan fingerprint density at radius 3 is 2.88 bits per heavy atom. The summed E-state index contributed by atoms with van der Waals surface area (Å²) in [6.45, 7) is 3.57. The second kappa shape index (κ2) is 4.26. The van der Waals surface area contributed by atoms with Gasteiger partial charge in [0.05, 0.1) is 5.69 Å². The number of hydrogen-bond acceptors (Lipinski definition) is 2. The van der Waals surface area contributed by atoms with E-state index in [-0.39, 0.29) is 5.82 Å². The monoisotopic (exact) mass is 217 g/mol. The molecule has 3 nitrogen and oxygen atoms in total. The zero-order valence-corrected chi connectivity index (χ0v) is 9.18. The fourth-order valence-corrected chi connectivity index (χ4v) is 1.35. The Labute approximate surface area is 93.3 Å². The third-order valence-corrected chi connectivity index (χ3v) is 2.32. The molecule has 16 heavy (non-hydrogen) atoms. The first-order chi connectivity index (χ1) is 7.66. The molecule has 0 aliphatic heterocycles. The maximum absolute atomic E-state index is 13.3. The molecular formula is C12H12FN3. The molecule has 2 rings (SSSR count). The SMILES string of the molecule is CC(=Nc1ccc(C)c(F)c1)n1ccnc1. The first-order valence-electron chi connectivity index (χ1n) is 4.96. The number of imidazole rings is 1. The fourth-order valence-electron chi connectivity index (χ4n) is 1.35. The molecule has 4 heteroatoms. The van der Waals surface area contributed by atoms with E-state index < -0.39 is 0 Å². The minimum atomic E-state index is -0.236. The molecule has 0 amide bonds. The molecule has 0 bridgehead atoms. The highest BCUT2D eigenvalue weighted by molar-refractivity contribution is 5.84. The number of rotatable bonds is 1. The minimum Gasteiger partial charge on any atom is -0.294 e. The molecule has 0 saturated heterocycles. The second-order valence-electron chi connectivity index (χ2n) is 3.56. The Morgan fingerprint density at radius 1 is 1.44 bits per heavy atom. The fraction of sp³-hybridized carbons (Fsp3) is 0.167. The number of halogens is 1. The molecule has 1 heterocycles. The highest BCUT2D eigenvalue weighted by atomic mass is 19.1. The van der Waals surface area contributed by atoms with Gasteiger partial charge in [-0.1, -0.05) is 6.07 Å². The Morgan fingerprint density at radius 2 is 2.25 bits per heavy atom. The smallest absolute Gasteiger partial charge is 0.128 e. The summed E-state index contributed by atoms with van der Waals surface area (Å²) in [4.78, 5) is 8.23. The largest absolute Gasteiger partial charge is 0.294 e. The van der Waals surface area contributed by atoms with Crippen LogP contribution in [0.25, 0.3) is 0 Å². The van der Waals surface area contributed by atoms with Crippen LogP contribution < -0.4 is 0 Å². The molecule has 0 spiro atoms. The normalized spacial score (nSPS) is 11.8. The molecular weight excluding hydrogens is 205 g/mol. The van der Waals surface area contributed by atoms with Crippen molar-refractivity contribution in [2.24, 2.45) is 4.99 Å². The third-order valence-electron chi connectivity index (χ3n) is 2.32. The lowest BCUT2D eigenvalue weighted by Crippen LogP contribution is -2.03. The Kier molecular flexibility index (Phi) is 2.81. The van der Waals surface area contributed by atoms with E-state index in [2.05, 4.69) is 9.98 Å². The van der Waals surface area contributed by atoms with Crippen LogP contribution in [0.15, 0.2) is 41.9 Å². The van der Waals surface area contributed by atoms with E-state index in [1.165, 1.54) is 6.07 Å². The zero-order chi connectivity index (χ0) is 11.5. The van der Waals surface area contributed by atoms with Crippen molar-refractivity contribution in [3.8, 4) is 0 Å². The number of hydrogen-bond donors (Lipinski definition) is 0. The van der Waals surface area contributed by atoms with Gasteiger partial charge in [0.25, 0.3) is 0 Å². The molecule has 0 N–H and O–H groups in total. The molecule has 1 aromatic heterocycles. The Hall–Kier alpha value is -1.97. The van der Waals surface area contributed by atoms with E-state index in [9.17, 15) is 4.39 Å². The highest BCUT2D eigenvalue weighted by Crippen LogP contribution is 2.16. The summed E-state index contributed by atoms with van der Waals surface area (Å²) in [6.07, 6.45) is 5.13. The molecule has 0 unspecified atom stereocenters. The number of aromatic nitrogens is 2. The van der Waals surface area contributed by atoms with E-state index in [1.54, 1.807) is 42.3 Å². The minimum absolute atomic E-state index is 0.236. The summed E-state index contributed by atoms with van der Waals surface area (Å²) in [6, 6.07) is 4.93. The van der Waals surface area contributed by atoms with Crippen molar-refractivity contribution in [3.63, 3.8) is 0 Å². The number of aliphatic imine (C=N–C) groups is 1. The van der Waals surface area contributed by atoms with Crippen LogP contribution in [0.5, 0.6) is 0 Å². The molecule has 0 aliphatic carbocycles. The lowest BCUT2D eigenvalue weighted by Gasteiger charge is -2.02. The van der Waals surface area contributed by atoms with Gasteiger partial charge in [-0.15, -0.1) is 0 Å². The van der Waals surface area contributed by atoms with Crippen LogP contribution in [-0.4, -0.2) is 15.4 Å². The molecule has 1 aromatic carbocycles. The van der Waals surface area contributed by atoms with E-state index in [1.807, 2.05) is 6.92 Å². The van der Waals surface area contributed by atoms with E-state index >= 15 is 0 Å². The molecule has 0 saturated carbocycles. The molecule has 82 valence electrons. The predicted molar refractivity (Wildman–Crippen MR) is 61.5 cm³/mol. The van der Waals surface area contributed by atoms with Crippen molar-refractivity contribution in [2.75, 3.05) is 0 Å². The van der Waals surface area contributed by atoms with Crippen LogP contribution in [0.4, 0.5) is 10.1 Å². The number of nitrogens with zero attached hydrogens (tertiary/aromatic N) is 3. The average molecular weight is 217 g/mol. The summed E-state index contributed by atoms with van der Waals surface area (Å²) >= 11 is 0. The Bertz CT molecular complexity index is 515. The van der Waals surface area contributed by atoms with Crippen LogP contribution >= 0.6 is 0 Å². The van der Waals surface area contributed by atoms with Crippen LogP contribution in [0, 0.1) is 12.7 Å². The highest BCUT2D eigenvalue weighted by Gasteiger charge is 1.99. The Balaban J connectivity index is 2.32. The van der Waals surface area contributed by atoms with Crippen molar-refractivity contribution in [1.82, 2.24) is 9.55 Å². The van der Waals surface area contributed by atoms with Crippen LogP contribution in [-0.2, 0) is 0 Å². The summed E-state index contributed by atoms with van der Waals surface area (Å²) in [5.41, 5.74) is 1.23. The number of aryl methyl sites for hydroxylation is 1. The lowest BCUT2D eigenvalue weighted by atomic mass is 10.2. The van der Waals surface area contributed by atoms with Gasteiger partial charge in [-0.05, 0) is 31.5 Å². The number of benzene rings is 1. The average Bonchev–Trinajstić information content (AvgIpc) is 2.77. The predicted octanol–water partition coefficient (Wildman–Crippen LogP) is 2.93. The first kappa shape index (κ1) is 10.5. The van der Waals surface area contributed by atoms with Gasteiger partial charge in [0.2, 0.25) is 0 Å². The van der Waals surface area contributed by atoms with Gasteiger partial charge in [-0.25, -0.2) is 14.4 Å². The topological polar surface area (TPSA) is 30.2 Å². The standard InChI is InChI=1S/C12H12FN3/c1-9-3-4-11(7-12(9)13)15-10(2)16-6-5-14-8-16/h3-8H,1-2H3. The van der Waals surface area contributed by atoms with Gasteiger partial charge in [0.1, 0.15) is 18.0 Å². The molecule has 0 fully saturated rings. The van der Waals surface area contributed by atoms with E-state index in [4.69, 9.17) is 0 Å². The van der Waals surface area contributed by atoms with E-state index in [0.717, 1.165) is 5.84 Å². The summed E-state index contributed by atoms with van der Waals surface area (Å²) < 4.78 is 15.1. The maximum Gasteiger partial charge on any atom is 0.128 e. The summed E-state index contributed by atoms with van der Waals surface area (Å²) in [5, 5.41) is 0. The summed E-state index contributed by atoms with van der Waals surface area (Å²) in [7, 11) is 0. The van der Waals surface area contributed by atoms with E-state index in [0.29, 0.717) is 11.3 Å². The van der Waals surface area contributed by atoms with Crippen molar-refractivity contribution < 1.29 is 4.39 Å².